The van der Waals surface area contributed by atoms with Gasteiger partial charge in [-0.1, -0.05) is 54.2 Å². The molecule has 1 N–H and O–H groups in total. The topological polar surface area (TPSA) is 47.3 Å². The van der Waals surface area contributed by atoms with Crippen LogP contribution in [0.3, 0.4) is 0 Å². The van der Waals surface area contributed by atoms with Crippen molar-refractivity contribution in [1.29, 1.82) is 0 Å². The number of imidazole rings is 1. The quantitative estimate of drug-likeness (QED) is 0.460. The third-order valence-corrected chi connectivity index (χ3v) is 5.33. The van der Waals surface area contributed by atoms with Gasteiger partial charge in [-0.05, 0) is 36.8 Å². The molecule has 0 aliphatic rings. The van der Waals surface area contributed by atoms with E-state index in [1.54, 1.807) is 42.9 Å². The summed E-state index contributed by atoms with van der Waals surface area (Å²) in [6.07, 6.45) is 6.52. The van der Waals surface area contributed by atoms with E-state index < -0.39 is 5.60 Å². The van der Waals surface area contributed by atoms with Gasteiger partial charge in [0.05, 0.1) is 12.9 Å². The highest BCUT2D eigenvalue weighted by molar-refractivity contribution is 6.35. The molecule has 0 spiro atoms. The van der Waals surface area contributed by atoms with E-state index in [1.165, 1.54) is 0 Å². The lowest BCUT2D eigenvalue weighted by Gasteiger charge is -2.30. The maximum Gasteiger partial charge on any atom is 0.126 e. The van der Waals surface area contributed by atoms with E-state index in [9.17, 15) is 5.11 Å². The molecule has 0 saturated carbocycles. The number of aliphatic hydroxyl groups is 1. The molecule has 3 aromatic rings. The van der Waals surface area contributed by atoms with Crippen LogP contribution >= 0.6 is 34.8 Å². The number of aromatic nitrogens is 2. The standard InChI is InChI=1S/C21H21Cl3N2O2/c1-2-7-21(27,13-26-9-8-25-14-26)18-10-16(22)5-6-20(18)28-12-15-3-4-17(23)11-19(15)24/h3-6,8-11,14,27H,2,7,12-13H2,1H3. The van der Waals surface area contributed by atoms with Gasteiger partial charge in [-0.25, -0.2) is 4.98 Å². The van der Waals surface area contributed by atoms with Crippen LogP contribution < -0.4 is 4.74 Å². The lowest BCUT2D eigenvalue weighted by molar-refractivity contribution is 0.00608. The first kappa shape index (κ1) is 21.0. The van der Waals surface area contributed by atoms with E-state index in [4.69, 9.17) is 39.5 Å². The van der Waals surface area contributed by atoms with Crippen molar-refractivity contribution in [3.63, 3.8) is 0 Å². The Kier molecular flexibility index (Phi) is 6.89. The lowest BCUT2D eigenvalue weighted by atomic mass is 9.88. The highest BCUT2D eigenvalue weighted by Gasteiger charge is 2.32. The Morgan fingerprint density at radius 1 is 1.11 bits per heavy atom. The summed E-state index contributed by atoms with van der Waals surface area (Å²) < 4.78 is 7.88. The van der Waals surface area contributed by atoms with Crippen molar-refractivity contribution in [2.75, 3.05) is 0 Å². The molecule has 7 heteroatoms. The number of hydrogen-bond acceptors (Lipinski definition) is 3. The lowest BCUT2D eigenvalue weighted by Crippen LogP contribution is -2.31. The maximum atomic E-state index is 11.5. The first-order chi connectivity index (χ1) is 13.4. The summed E-state index contributed by atoms with van der Waals surface area (Å²) >= 11 is 18.5. The second-order valence-corrected chi connectivity index (χ2v) is 7.96. The van der Waals surface area contributed by atoms with Gasteiger partial charge in [0.1, 0.15) is 18.0 Å². The molecule has 3 rings (SSSR count). The summed E-state index contributed by atoms with van der Waals surface area (Å²) in [6, 6.07) is 10.5. The van der Waals surface area contributed by atoms with Crippen LogP contribution in [0.15, 0.2) is 55.1 Å². The first-order valence-corrected chi connectivity index (χ1v) is 10.1. The second kappa shape index (κ2) is 9.19. The van der Waals surface area contributed by atoms with E-state index in [2.05, 4.69) is 4.98 Å². The number of nitrogens with zero attached hydrogens (tertiary/aromatic N) is 2. The maximum absolute atomic E-state index is 11.5. The highest BCUT2D eigenvalue weighted by atomic mass is 35.5. The van der Waals surface area contributed by atoms with Gasteiger partial charge in [0.2, 0.25) is 0 Å². The van der Waals surface area contributed by atoms with Crippen molar-refractivity contribution in [2.24, 2.45) is 0 Å². The molecule has 4 nitrogen and oxygen atoms in total. The first-order valence-electron chi connectivity index (χ1n) is 8.96. The molecule has 0 aliphatic heterocycles. The van der Waals surface area contributed by atoms with Gasteiger partial charge in [0, 0.05) is 38.6 Å². The molecule has 2 aromatic carbocycles. The number of ether oxygens (including phenoxy) is 1. The van der Waals surface area contributed by atoms with Crippen LogP contribution in [0.4, 0.5) is 0 Å². The minimum absolute atomic E-state index is 0.248. The van der Waals surface area contributed by atoms with Crippen LogP contribution in [0.25, 0.3) is 0 Å². The zero-order chi connectivity index (χ0) is 20.1. The number of hydrogen-bond donors (Lipinski definition) is 1. The van der Waals surface area contributed by atoms with Gasteiger partial charge in [-0.2, -0.15) is 0 Å². The van der Waals surface area contributed by atoms with Crippen LogP contribution in [0.5, 0.6) is 5.75 Å². The zero-order valence-electron chi connectivity index (χ0n) is 15.4. The van der Waals surface area contributed by atoms with Crippen molar-refractivity contribution in [2.45, 2.75) is 38.5 Å². The fraction of sp³-hybridized carbons (Fsp3) is 0.286. The van der Waals surface area contributed by atoms with Crippen LogP contribution in [0.1, 0.15) is 30.9 Å². The smallest absolute Gasteiger partial charge is 0.126 e. The Morgan fingerprint density at radius 3 is 2.54 bits per heavy atom. The molecule has 0 aliphatic carbocycles. The molecule has 0 bridgehead atoms. The molecule has 1 unspecified atom stereocenters. The van der Waals surface area contributed by atoms with Crippen LogP contribution in [0, 0.1) is 0 Å². The largest absolute Gasteiger partial charge is 0.488 e. The van der Waals surface area contributed by atoms with Gasteiger partial charge >= 0.3 is 0 Å². The van der Waals surface area contributed by atoms with E-state index in [-0.39, 0.29) is 6.61 Å². The average molecular weight is 440 g/mol. The number of benzene rings is 2. The van der Waals surface area contributed by atoms with E-state index >= 15 is 0 Å². The molecule has 1 atom stereocenters. The van der Waals surface area contributed by atoms with Gasteiger partial charge in [0.25, 0.3) is 0 Å². The molecule has 0 amide bonds. The summed E-state index contributed by atoms with van der Waals surface area (Å²) in [5.74, 6) is 0.562. The van der Waals surface area contributed by atoms with Crippen molar-refractivity contribution in [3.8, 4) is 5.75 Å². The van der Waals surface area contributed by atoms with Crippen molar-refractivity contribution < 1.29 is 9.84 Å². The summed E-state index contributed by atoms with van der Waals surface area (Å²) in [5, 5.41) is 13.2. The molecule has 0 radical (unpaired) electrons. The zero-order valence-corrected chi connectivity index (χ0v) is 17.7. The molecular formula is C21H21Cl3N2O2. The second-order valence-electron chi connectivity index (χ2n) is 6.68. The number of rotatable bonds is 8. The van der Waals surface area contributed by atoms with Gasteiger partial charge in [-0.3, -0.25) is 0 Å². The predicted molar refractivity (Wildman–Crippen MR) is 113 cm³/mol. The van der Waals surface area contributed by atoms with Gasteiger partial charge in [0.15, 0.2) is 0 Å². The van der Waals surface area contributed by atoms with E-state index in [1.807, 2.05) is 23.8 Å². The van der Waals surface area contributed by atoms with Crippen LogP contribution in [-0.4, -0.2) is 14.7 Å². The van der Waals surface area contributed by atoms with Crippen molar-refractivity contribution >= 4 is 34.8 Å². The third kappa shape index (κ3) is 5.00. The number of halogens is 3. The molecular weight excluding hydrogens is 419 g/mol. The molecule has 148 valence electrons. The normalized spacial score (nSPS) is 13.3. The molecule has 1 aromatic heterocycles. The van der Waals surface area contributed by atoms with Gasteiger partial charge in [-0.15, -0.1) is 0 Å². The van der Waals surface area contributed by atoms with Crippen molar-refractivity contribution in [1.82, 2.24) is 9.55 Å². The molecule has 28 heavy (non-hydrogen) atoms. The summed E-state index contributed by atoms with van der Waals surface area (Å²) in [5.41, 5.74) is 0.292. The van der Waals surface area contributed by atoms with E-state index in [0.717, 1.165) is 12.0 Å². The fourth-order valence-corrected chi connectivity index (χ4v) is 3.82. The minimum atomic E-state index is -1.15. The van der Waals surface area contributed by atoms with Crippen LogP contribution in [0.2, 0.25) is 15.1 Å². The highest BCUT2D eigenvalue weighted by Crippen LogP contribution is 2.37. The Labute approximate surface area is 179 Å². The Balaban J connectivity index is 1.91. The Morgan fingerprint density at radius 2 is 1.86 bits per heavy atom. The van der Waals surface area contributed by atoms with Gasteiger partial charge < -0.3 is 14.4 Å². The van der Waals surface area contributed by atoms with Crippen molar-refractivity contribution in [3.05, 3.63) is 81.3 Å². The van der Waals surface area contributed by atoms with E-state index in [0.29, 0.717) is 39.3 Å². The SMILES string of the molecule is CCCC(O)(Cn1ccnc1)c1cc(Cl)ccc1OCc1ccc(Cl)cc1Cl. The summed E-state index contributed by atoms with van der Waals surface area (Å²) in [7, 11) is 0. The summed E-state index contributed by atoms with van der Waals surface area (Å²) in [6.45, 7) is 2.62. The van der Waals surface area contributed by atoms with Crippen LogP contribution in [-0.2, 0) is 18.8 Å². The average Bonchev–Trinajstić information content (AvgIpc) is 3.14. The predicted octanol–water partition coefficient (Wildman–Crippen LogP) is 6.11. The fourth-order valence-electron chi connectivity index (χ4n) is 3.18. The molecule has 0 fully saturated rings. The molecule has 1 heterocycles. The monoisotopic (exact) mass is 438 g/mol. The molecule has 0 saturated heterocycles. The third-order valence-electron chi connectivity index (χ3n) is 4.51. The Bertz CT molecular complexity index is 931. The minimum Gasteiger partial charge on any atom is -0.488 e. The summed E-state index contributed by atoms with van der Waals surface area (Å²) in [4.78, 5) is 4.06. The Hall–Kier alpha value is -1.72.